The molecule has 1 heterocycles. The maximum absolute atomic E-state index is 5.84. The molecule has 0 spiro atoms. The maximum atomic E-state index is 5.84. The normalized spacial score (nSPS) is 12.8. The molecule has 1 unspecified atom stereocenters. The molecule has 4 nitrogen and oxygen atoms in total. The fraction of sp³-hybridized carbons (Fsp3) is 0.273. The molecule has 1 aromatic carbocycles. The van der Waals surface area contributed by atoms with Crippen LogP contribution in [-0.4, -0.2) is 15.0 Å². The van der Waals surface area contributed by atoms with Gasteiger partial charge < -0.3 is 5.73 Å². The molecular formula is C11H12Br2N4. The van der Waals surface area contributed by atoms with E-state index in [1.807, 2.05) is 32.0 Å². The number of hydrogen-bond acceptors (Lipinski definition) is 3. The molecule has 2 aromatic rings. The summed E-state index contributed by atoms with van der Waals surface area (Å²) in [5, 5.41) is 8.28. The standard InChI is InChI=1S/C11H12Br2N4/c1-6(14)10-7(2)17(16-15-10)11-8(12)4-3-5-9(11)13/h3-6H,14H2,1-2H3. The Morgan fingerprint density at radius 2 is 1.88 bits per heavy atom. The second-order valence-corrected chi connectivity index (χ2v) is 5.54. The summed E-state index contributed by atoms with van der Waals surface area (Å²) >= 11 is 7.03. The van der Waals surface area contributed by atoms with E-state index in [2.05, 4.69) is 42.2 Å². The van der Waals surface area contributed by atoms with Gasteiger partial charge in [-0.3, -0.25) is 0 Å². The minimum Gasteiger partial charge on any atom is -0.323 e. The van der Waals surface area contributed by atoms with Gasteiger partial charge in [-0.25, -0.2) is 4.68 Å². The van der Waals surface area contributed by atoms with Gasteiger partial charge in [0.05, 0.1) is 11.4 Å². The Balaban J connectivity index is 2.62. The van der Waals surface area contributed by atoms with Gasteiger partial charge in [0.25, 0.3) is 0 Å². The number of hydrogen-bond donors (Lipinski definition) is 1. The summed E-state index contributed by atoms with van der Waals surface area (Å²) in [5.74, 6) is 0. The Labute approximate surface area is 116 Å². The van der Waals surface area contributed by atoms with E-state index in [-0.39, 0.29) is 6.04 Å². The van der Waals surface area contributed by atoms with Crippen molar-refractivity contribution in [2.24, 2.45) is 5.73 Å². The van der Waals surface area contributed by atoms with Crippen LogP contribution in [0.15, 0.2) is 27.1 Å². The molecule has 17 heavy (non-hydrogen) atoms. The van der Waals surface area contributed by atoms with Crippen LogP contribution in [0.2, 0.25) is 0 Å². The zero-order valence-corrected chi connectivity index (χ0v) is 12.7. The van der Waals surface area contributed by atoms with E-state index < -0.39 is 0 Å². The third kappa shape index (κ3) is 2.29. The Bertz CT molecular complexity index is 528. The molecule has 0 bridgehead atoms. The molecule has 0 aliphatic rings. The molecule has 1 aromatic heterocycles. The highest BCUT2D eigenvalue weighted by Crippen LogP contribution is 2.30. The summed E-state index contributed by atoms with van der Waals surface area (Å²) in [6, 6.07) is 5.76. The Morgan fingerprint density at radius 1 is 1.29 bits per heavy atom. The van der Waals surface area contributed by atoms with Crippen LogP contribution in [0.3, 0.4) is 0 Å². The predicted molar refractivity (Wildman–Crippen MR) is 74.1 cm³/mol. The topological polar surface area (TPSA) is 56.7 Å². The van der Waals surface area contributed by atoms with Crippen LogP contribution in [0.4, 0.5) is 0 Å². The van der Waals surface area contributed by atoms with E-state index in [1.165, 1.54) is 0 Å². The maximum Gasteiger partial charge on any atom is 0.102 e. The SMILES string of the molecule is Cc1c(C(C)N)nnn1-c1c(Br)cccc1Br. The zero-order valence-electron chi connectivity index (χ0n) is 9.48. The summed E-state index contributed by atoms with van der Waals surface area (Å²) in [6.07, 6.45) is 0. The lowest BCUT2D eigenvalue weighted by atomic mass is 10.2. The minimum atomic E-state index is -0.120. The van der Waals surface area contributed by atoms with Crippen LogP contribution < -0.4 is 5.73 Å². The third-order valence-electron chi connectivity index (χ3n) is 2.51. The van der Waals surface area contributed by atoms with Crippen molar-refractivity contribution in [1.29, 1.82) is 0 Å². The van der Waals surface area contributed by atoms with E-state index in [4.69, 9.17) is 5.73 Å². The molecule has 0 amide bonds. The summed E-state index contributed by atoms with van der Waals surface area (Å²) in [7, 11) is 0. The molecule has 0 radical (unpaired) electrons. The molecular weight excluding hydrogens is 348 g/mol. The van der Waals surface area contributed by atoms with Crippen LogP contribution >= 0.6 is 31.9 Å². The number of rotatable bonds is 2. The highest BCUT2D eigenvalue weighted by molar-refractivity contribution is 9.11. The number of benzene rings is 1. The molecule has 1 atom stereocenters. The lowest BCUT2D eigenvalue weighted by Gasteiger charge is -2.09. The van der Waals surface area contributed by atoms with Gasteiger partial charge in [-0.2, -0.15) is 0 Å². The Morgan fingerprint density at radius 3 is 2.35 bits per heavy atom. The van der Waals surface area contributed by atoms with Gasteiger partial charge in [0.15, 0.2) is 0 Å². The summed E-state index contributed by atoms with van der Waals surface area (Å²) in [4.78, 5) is 0. The van der Waals surface area contributed by atoms with Crippen LogP contribution in [0.1, 0.15) is 24.4 Å². The zero-order chi connectivity index (χ0) is 12.6. The van der Waals surface area contributed by atoms with Crippen molar-refractivity contribution in [2.75, 3.05) is 0 Å². The molecule has 2 N–H and O–H groups in total. The second kappa shape index (κ2) is 4.88. The minimum absolute atomic E-state index is 0.120. The Kier molecular flexibility index (Phi) is 3.65. The number of halogens is 2. The van der Waals surface area contributed by atoms with Gasteiger partial charge in [-0.15, -0.1) is 5.10 Å². The van der Waals surface area contributed by atoms with Gasteiger partial charge in [-0.1, -0.05) is 11.3 Å². The number of nitrogens with zero attached hydrogens (tertiary/aromatic N) is 3. The number of aromatic nitrogens is 3. The molecule has 0 saturated heterocycles. The second-order valence-electron chi connectivity index (χ2n) is 3.83. The first-order valence-electron chi connectivity index (χ1n) is 5.14. The van der Waals surface area contributed by atoms with E-state index in [1.54, 1.807) is 4.68 Å². The summed E-state index contributed by atoms with van der Waals surface area (Å²) in [6.45, 7) is 3.86. The van der Waals surface area contributed by atoms with Crippen LogP contribution in [0, 0.1) is 6.92 Å². The molecule has 90 valence electrons. The van der Waals surface area contributed by atoms with Gasteiger partial charge >= 0.3 is 0 Å². The van der Waals surface area contributed by atoms with Crippen molar-refractivity contribution < 1.29 is 0 Å². The van der Waals surface area contributed by atoms with Gasteiger partial charge in [0, 0.05) is 15.0 Å². The van der Waals surface area contributed by atoms with Gasteiger partial charge in [-0.05, 0) is 57.8 Å². The first-order valence-corrected chi connectivity index (χ1v) is 6.73. The van der Waals surface area contributed by atoms with Crippen molar-refractivity contribution in [2.45, 2.75) is 19.9 Å². The molecule has 2 rings (SSSR count). The number of para-hydroxylation sites is 1. The van der Waals surface area contributed by atoms with E-state index >= 15 is 0 Å². The molecule has 0 aliphatic carbocycles. The average Bonchev–Trinajstić information content (AvgIpc) is 2.61. The molecule has 6 heteroatoms. The molecule has 0 aliphatic heterocycles. The average molecular weight is 360 g/mol. The van der Waals surface area contributed by atoms with Crippen molar-refractivity contribution in [3.8, 4) is 5.69 Å². The summed E-state index contributed by atoms with van der Waals surface area (Å²) < 4.78 is 3.69. The van der Waals surface area contributed by atoms with Crippen LogP contribution in [-0.2, 0) is 0 Å². The summed E-state index contributed by atoms with van der Waals surface area (Å²) in [5.41, 5.74) is 8.54. The first kappa shape index (κ1) is 12.7. The highest BCUT2D eigenvalue weighted by atomic mass is 79.9. The van der Waals surface area contributed by atoms with Crippen molar-refractivity contribution in [1.82, 2.24) is 15.0 Å². The third-order valence-corrected chi connectivity index (χ3v) is 3.79. The van der Waals surface area contributed by atoms with Crippen molar-refractivity contribution in [3.63, 3.8) is 0 Å². The Hall–Kier alpha value is -0.720. The first-order chi connectivity index (χ1) is 8.02. The lowest BCUT2D eigenvalue weighted by Crippen LogP contribution is -2.08. The van der Waals surface area contributed by atoms with Gasteiger partial charge in [0.2, 0.25) is 0 Å². The predicted octanol–water partition coefficient (Wildman–Crippen LogP) is 3.12. The van der Waals surface area contributed by atoms with Gasteiger partial charge in [0.1, 0.15) is 5.69 Å². The van der Waals surface area contributed by atoms with E-state index in [0.29, 0.717) is 0 Å². The monoisotopic (exact) mass is 358 g/mol. The van der Waals surface area contributed by atoms with Crippen LogP contribution in [0.25, 0.3) is 5.69 Å². The molecule has 0 fully saturated rings. The molecule has 0 saturated carbocycles. The lowest BCUT2D eigenvalue weighted by molar-refractivity contribution is 0.755. The smallest absolute Gasteiger partial charge is 0.102 e. The van der Waals surface area contributed by atoms with Crippen molar-refractivity contribution >= 4 is 31.9 Å². The van der Waals surface area contributed by atoms with E-state index in [0.717, 1.165) is 26.0 Å². The van der Waals surface area contributed by atoms with Crippen molar-refractivity contribution in [3.05, 3.63) is 38.5 Å². The quantitative estimate of drug-likeness (QED) is 0.896. The highest BCUT2D eigenvalue weighted by Gasteiger charge is 2.16. The van der Waals surface area contributed by atoms with E-state index in [9.17, 15) is 0 Å². The van der Waals surface area contributed by atoms with Crippen LogP contribution in [0.5, 0.6) is 0 Å². The number of nitrogens with two attached hydrogens (primary N) is 1. The largest absolute Gasteiger partial charge is 0.323 e. The fourth-order valence-corrected chi connectivity index (χ4v) is 3.00. The fourth-order valence-electron chi connectivity index (χ4n) is 1.67.